The SMILES string of the molecule is Cn1c2c(c(=O)n(C)c1=O)[C@@H](c1ccc(I)cc1)C1=C(N2)c2ccccc2C1=O. The zero-order valence-corrected chi connectivity index (χ0v) is 17.9. The quantitative estimate of drug-likeness (QED) is 0.525. The van der Waals surface area contributed by atoms with E-state index in [1.165, 1.54) is 11.6 Å². The fraction of sp³-hybridized carbons (Fsp3) is 0.136. The number of aromatic nitrogens is 2. The molecule has 3 aromatic rings. The van der Waals surface area contributed by atoms with Crippen LogP contribution in [0.5, 0.6) is 0 Å². The number of hydrogen-bond donors (Lipinski definition) is 1. The Morgan fingerprint density at radius 1 is 0.897 bits per heavy atom. The lowest BCUT2D eigenvalue weighted by molar-refractivity contribution is 0.103. The molecule has 0 unspecified atom stereocenters. The smallest absolute Gasteiger partial charge is 0.332 e. The van der Waals surface area contributed by atoms with E-state index in [1.807, 2.05) is 42.5 Å². The van der Waals surface area contributed by atoms with Crippen molar-refractivity contribution in [2.24, 2.45) is 14.1 Å². The predicted octanol–water partition coefficient (Wildman–Crippen LogP) is 2.85. The van der Waals surface area contributed by atoms with Gasteiger partial charge in [-0.2, -0.15) is 0 Å². The van der Waals surface area contributed by atoms with E-state index in [0.29, 0.717) is 28.2 Å². The minimum Gasteiger partial charge on any atom is -0.340 e. The molecule has 0 fully saturated rings. The predicted molar refractivity (Wildman–Crippen MR) is 119 cm³/mol. The maximum absolute atomic E-state index is 13.4. The molecule has 7 heteroatoms. The van der Waals surface area contributed by atoms with Gasteiger partial charge in [-0.05, 0) is 40.3 Å². The highest BCUT2D eigenvalue weighted by atomic mass is 127. The topological polar surface area (TPSA) is 73.1 Å². The standard InChI is InChI=1S/C22H16IN3O3/c1-25-20-17(21(28)26(2)22(25)29)15(11-7-9-12(23)10-8-11)16-18(24-20)13-5-3-4-6-14(13)19(16)27/h3-10,15,24H,1-2H3/t15-/m0/s1. The Labute approximate surface area is 179 Å². The van der Waals surface area contributed by atoms with Gasteiger partial charge in [0.2, 0.25) is 0 Å². The van der Waals surface area contributed by atoms with Crippen LogP contribution in [0.15, 0.2) is 63.7 Å². The summed E-state index contributed by atoms with van der Waals surface area (Å²) >= 11 is 2.22. The third-order valence-electron chi connectivity index (χ3n) is 5.68. The Morgan fingerprint density at radius 2 is 1.55 bits per heavy atom. The molecule has 0 spiro atoms. The van der Waals surface area contributed by atoms with Gasteiger partial charge in [-0.1, -0.05) is 36.4 Å². The third kappa shape index (κ3) is 2.43. The molecule has 0 radical (unpaired) electrons. The largest absolute Gasteiger partial charge is 0.340 e. The van der Waals surface area contributed by atoms with Crippen molar-refractivity contribution >= 4 is 39.9 Å². The number of ketones is 1. The number of Topliss-reactive ketones (excluding diaryl/α,β-unsaturated/α-hetero) is 1. The highest BCUT2D eigenvalue weighted by molar-refractivity contribution is 14.1. The molecule has 29 heavy (non-hydrogen) atoms. The van der Waals surface area contributed by atoms with Crippen LogP contribution in [0.1, 0.15) is 33.0 Å². The number of halogens is 1. The van der Waals surface area contributed by atoms with Crippen LogP contribution >= 0.6 is 22.6 Å². The first-order chi connectivity index (χ1) is 13.9. The van der Waals surface area contributed by atoms with Crippen LogP contribution in [0, 0.1) is 3.57 Å². The summed E-state index contributed by atoms with van der Waals surface area (Å²) in [5.74, 6) is -0.207. The number of fused-ring (bicyclic) bond motifs is 3. The second-order valence-electron chi connectivity index (χ2n) is 7.24. The highest BCUT2D eigenvalue weighted by Gasteiger charge is 2.42. The van der Waals surface area contributed by atoms with E-state index in [9.17, 15) is 14.4 Å². The maximum Gasteiger partial charge on any atom is 0.332 e. The third-order valence-corrected chi connectivity index (χ3v) is 6.40. The van der Waals surface area contributed by atoms with Crippen molar-refractivity contribution in [1.29, 1.82) is 0 Å². The molecule has 1 aliphatic heterocycles. The number of carbonyl (C=O) groups excluding carboxylic acids is 1. The molecule has 2 aromatic carbocycles. The number of anilines is 1. The van der Waals surface area contributed by atoms with E-state index in [0.717, 1.165) is 19.3 Å². The molecular formula is C22H16IN3O3. The molecular weight excluding hydrogens is 481 g/mol. The van der Waals surface area contributed by atoms with Crippen molar-refractivity contribution in [3.05, 3.63) is 101 Å². The van der Waals surface area contributed by atoms with Crippen molar-refractivity contribution in [3.8, 4) is 0 Å². The zero-order valence-electron chi connectivity index (χ0n) is 15.7. The summed E-state index contributed by atoms with van der Waals surface area (Å²) in [6.07, 6.45) is 0. The molecule has 0 saturated carbocycles. The lowest BCUT2D eigenvalue weighted by atomic mass is 9.81. The van der Waals surface area contributed by atoms with Gasteiger partial charge in [-0.15, -0.1) is 0 Å². The number of nitrogens with one attached hydrogen (secondary N) is 1. The van der Waals surface area contributed by atoms with E-state index in [2.05, 4.69) is 27.9 Å². The number of nitrogens with zero attached hydrogens (tertiary/aromatic N) is 2. The first-order valence-electron chi connectivity index (χ1n) is 9.10. The summed E-state index contributed by atoms with van der Waals surface area (Å²) in [6.45, 7) is 0. The van der Waals surface area contributed by atoms with Crippen LogP contribution in [-0.4, -0.2) is 14.9 Å². The van der Waals surface area contributed by atoms with Crippen LogP contribution in [-0.2, 0) is 14.1 Å². The van der Waals surface area contributed by atoms with E-state index in [4.69, 9.17) is 0 Å². The molecule has 2 aliphatic rings. The average Bonchev–Trinajstić information content (AvgIpc) is 3.02. The summed E-state index contributed by atoms with van der Waals surface area (Å²) in [4.78, 5) is 39.1. The fourth-order valence-corrected chi connectivity index (χ4v) is 4.61. The van der Waals surface area contributed by atoms with Crippen LogP contribution in [0.4, 0.5) is 5.82 Å². The molecule has 1 aliphatic carbocycles. The van der Waals surface area contributed by atoms with Crippen molar-refractivity contribution in [3.63, 3.8) is 0 Å². The fourth-order valence-electron chi connectivity index (χ4n) is 4.25. The maximum atomic E-state index is 13.4. The molecule has 0 amide bonds. The van der Waals surface area contributed by atoms with Crippen LogP contribution in [0.25, 0.3) is 5.70 Å². The summed E-state index contributed by atoms with van der Waals surface area (Å²) in [6, 6.07) is 15.2. The Hall–Kier alpha value is -2.94. The van der Waals surface area contributed by atoms with E-state index < -0.39 is 17.2 Å². The summed E-state index contributed by atoms with van der Waals surface area (Å²) in [5, 5.41) is 3.24. The van der Waals surface area contributed by atoms with Crippen LogP contribution in [0.2, 0.25) is 0 Å². The molecule has 0 bridgehead atoms. The number of hydrogen-bond acceptors (Lipinski definition) is 4. The Kier molecular flexibility index (Phi) is 3.92. The van der Waals surface area contributed by atoms with Gasteiger partial charge in [-0.25, -0.2) is 4.79 Å². The van der Waals surface area contributed by atoms with E-state index >= 15 is 0 Å². The molecule has 0 saturated heterocycles. The Bertz CT molecular complexity index is 1360. The molecule has 5 rings (SSSR count). The first kappa shape index (κ1) is 18.1. The Morgan fingerprint density at radius 3 is 2.24 bits per heavy atom. The number of allylic oxidation sites excluding steroid dienone is 1. The summed E-state index contributed by atoms with van der Waals surface area (Å²) in [5.41, 5.74) is 3.07. The van der Waals surface area contributed by atoms with Gasteiger partial charge in [0.05, 0.1) is 11.3 Å². The average molecular weight is 497 g/mol. The monoisotopic (exact) mass is 497 g/mol. The second-order valence-corrected chi connectivity index (χ2v) is 8.49. The van der Waals surface area contributed by atoms with Crippen LogP contribution in [0.3, 0.4) is 0 Å². The molecule has 2 heterocycles. The Balaban J connectivity index is 1.89. The number of carbonyl (C=O) groups is 1. The molecule has 6 nitrogen and oxygen atoms in total. The van der Waals surface area contributed by atoms with E-state index in [1.54, 1.807) is 13.1 Å². The molecule has 1 aromatic heterocycles. The van der Waals surface area contributed by atoms with Crippen molar-refractivity contribution < 1.29 is 4.79 Å². The van der Waals surface area contributed by atoms with Gasteiger partial charge < -0.3 is 5.32 Å². The van der Waals surface area contributed by atoms with Gasteiger partial charge >= 0.3 is 5.69 Å². The lowest BCUT2D eigenvalue weighted by Gasteiger charge is -2.29. The summed E-state index contributed by atoms with van der Waals surface area (Å²) < 4.78 is 3.59. The van der Waals surface area contributed by atoms with Gasteiger partial charge in [0.25, 0.3) is 5.56 Å². The normalized spacial score (nSPS) is 16.9. The van der Waals surface area contributed by atoms with Crippen molar-refractivity contribution in [2.45, 2.75) is 5.92 Å². The molecule has 1 N–H and O–H groups in total. The van der Waals surface area contributed by atoms with Crippen molar-refractivity contribution in [2.75, 3.05) is 5.32 Å². The van der Waals surface area contributed by atoms with Gasteiger partial charge in [-0.3, -0.25) is 18.7 Å². The van der Waals surface area contributed by atoms with Gasteiger partial charge in [0.1, 0.15) is 5.82 Å². The first-order valence-corrected chi connectivity index (χ1v) is 10.2. The highest BCUT2D eigenvalue weighted by Crippen LogP contribution is 2.47. The van der Waals surface area contributed by atoms with Gasteiger partial charge in [0, 0.05) is 40.3 Å². The lowest BCUT2D eigenvalue weighted by Crippen LogP contribution is -2.42. The number of rotatable bonds is 1. The summed E-state index contributed by atoms with van der Waals surface area (Å²) in [7, 11) is 3.10. The van der Waals surface area contributed by atoms with E-state index in [-0.39, 0.29) is 5.78 Å². The zero-order chi connectivity index (χ0) is 20.4. The van der Waals surface area contributed by atoms with Crippen molar-refractivity contribution in [1.82, 2.24) is 9.13 Å². The second kappa shape index (κ2) is 6.28. The minimum atomic E-state index is -0.552. The molecule has 1 atom stereocenters. The minimum absolute atomic E-state index is 0.0896. The molecule has 144 valence electrons. The van der Waals surface area contributed by atoms with Gasteiger partial charge in [0.15, 0.2) is 5.78 Å². The number of benzene rings is 2. The van der Waals surface area contributed by atoms with Crippen LogP contribution < -0.4 is 16.6 Å².